The molecule has 6 nitrogen and oxygen atoms in total. The van der Waals surface area contributed by atoms with Crippen LogP contribution in [0, 0.1) is 11.3 Å². The lowest BCUT2D eigenvalue weighted by Gasteiger charge is -1.96. The van der Waals surface area contributed by atoms with E-state index < -0.39 is 5.97 Å². The zero-order chi connectivity index (χ0) is 12.3. The molecule has 2 heterocycles. The topological polar surface area (TPSA) is 91.8 Å². The number of nitriles is 1. The fourth-order valence-corrected chi connectivity index (χ4v) is 1.44. The Hall–Kier alpha value is -2.68. The standard InChI is InChI=1S/C11H8N4O2/c12-4-9-6-15(7-10(16)17)14-11(9)8-2-1-3-13-5-8/h1-3,5-6H,7H2,(H,16,17). The Morgan fingerprint density at radius 2 is 2.41 bits per heavy atom. The van der Waals surface area contributed by atoms with Crippen LogP contribution in [0.2, 0.25) is 0 Å². The number of nitrogens with zero attached hydrogens (tertiary/aromatic N) is 4. The molecule has 0 atom stereocenters. The van der Waals surface area contributed by atoms with Crippen LogP contribution >= 0.6 is 0 Å². The summed E-state index contributed by atoms with van der Waals surface area (Å²) in [7, 11) is 0. The number of carboxylic acid groups (broad SMARTS) is 1. The van der Waals surface area contributed by atoms with Crippen molar-refractivity contribution in [3.8, 4) is 17.3 Å². The summed E-state index contributed by atoms with van der Waals surface area (Å²) in [4.78, 5) is 14.5. The van der Waals surface area contributed by atoms with E-state index in [-0.39, 0.29) is 6.54 Å². The monoisotopic (exact) mass is 228 g/mol. The van der Waals surface area contributed by atoms with Gasteiger partial charge in [0.05, 0.1) is 5.56 Å². The molecule has 0 aliphatic rings. The van der Waals surface area contributed by atoms with E-state index in [0.717, 1.165) is 0 Å². The van der Waals surface area contributed by atoms with Crippen molar-refractivity contribution >= 4 is 5.97 Å². The van der Waals surface area contributed by atoms with Crippen LogP contribution in [0.4, 0.5) is 0 Å². The molecule has 0 unspecified atom stereocenters. The Morgan fingerprint density at radius 3 is 3.00 bits per heavy atom. The van der Waals surface area contributed by atoms with Gasteiger partial charge in [-0.25, -0.2) is 0 Å². The first-order chi connectivity index (χ1) is 8.20. The summed E-state index contributed by atoms with van der Waals surface area (Å²) in [5.74, 6) is -1.00. The summed E-state index contributed by atoms with van der Waals surface area (Å²) in [6.45, 7) is -0.269. The minimum absolute atomic E-state index is 0.269. The van der Waals surface area contributed by atoms with Crippen LogP contribution in [0.25, 0.3) is 11.3 Å². The molecule has 0 amide bonds. The van der Waals surface area contributed by atoms with Crippen LogP contribution in [0.3, 0.4) is 0 Å². The van der Waals surface area contributed by atoms with Crippen molar-refractivity contribution in [1.29, 1.82) is 5.26 Å². The average molecular weight is 228 g/mol. The average Bonchev–Trinajstić information content (AvgIpc) is 2.72. The molecule has 0 aliphatic heterocycles. The molecule has 2 rings (SSSR count). The molecule has 2 aromatic heterocycles. The maximum Gasteiger partial charge on any atom is 0.325 e. The SMILES string of the molecule is N#Cc1cn(CC(=O)O)nc1-c1cccnc1. The Balaban J connectivity index is 2.44. The van der Waals surface area contributed by atoms with Crippen molar-refractivity contribution in [3.63, 3.8) is 0 Å². The molecular formula is C11H8N4O2. The number of pyridine rings is 1. The molecule has 0 radical (unpaired) electrons. The van der Waals surface area contributed by atoms with Crippen molar-refractivity contribution in [2.45, 2.75) is 6.54 Å². The molecule has 0 saturated heterocycles. The van der Waals surface area contributed by atoms with Crippen molar-refractivity contribution in [2.24, 2.45) is 0 Å². The van der Waals surface area contributed by atoms with Crippen LogP contribution in [0.15, 0.2) is 30.7 Å². The quantitative estimate of drug-likeness (QED) is 0.842. The van der Waals surface area contributed by atoms with Gasteiger partial charge in [0.2, 0.25) is 0 Å². The van der Waals surface area contributed by atoms with Crippen molar-refractivity contribution in [1.82, 2.24) is 14.8 Å². The van der Waals surface area contributed by atoms with E-state index in [1.165, 1.54) is 10.9 Å². The van der Waals surface area contributed by atoms with Crippen molar-refractivity contribution < 1.29 is 9.90 Å². The Kier molecular flexibility index (Phi) is 2.83. The summed E-state index contributed by atoms with van der Waals surface area (Å²) in [5, 5.41) is 21.7. The molecule has 0 fully saturated rings. The Labute approximate surface area is 96.8 Å². The molecule has 6 heteroatoms. The molecule has 84 valence electrons. The fraction of sp³-hybridized carbons (Fsp3) is 0.0909. The maximum absolute atomic E-state index is 10.6. The highest BCUT2D eigenvalue weighted by molar-refractivity contribution is 5.68. The van der Waals surface area contributed by atoms with Gasteiger partial charge in [-0.1, -0.05) is 0 Å². The van der Waals surface area contributed by atoms with Crippen LogP contribution in [-0.2, 0) is 11.3 Å². The number of carbonyl (C=O) groups is 1. The number of hydrogen-bond donors (Lipinski definition) is 1. The Morgan fingerprint density at radius 1 is 1.59 bits per heavy atom. The second-order valence-corrected chi connectivity index (χ2v) is 3.34. The molecule has 0 bridgehead atoms. The smallest absolute Gasteiger partial charge is 0.325 e. The molecule has 1 N–H and O–H groups in total. The van der Waals surface area contributed by atoms with Gasteiger partial charge in [0.25, 0.3) is 0 Å². The van der Waals surface area contributed by atoms with E-state index in [1.807, 2.05) is 6.07 Å². The van der Waals surface area contributed by atoms with E-state index in [2.05, 4.69) is 10.1 Å². The van der Waals surface area contributed by atoms with Gasteiger partial charge in [-0.15, -0.1) is 0 Å². The van der Waals surface area contributed by atoms with Gasteiger partial charge in [0, 0.05) is 24.2 Å². The second kappa shape index (κ2) is 4.45. The van der Waals surface area contributed by atoms with Crippen molar-refractivity contribution in [3.05, 3.63) is 36.3 Å². The van der Waals surface area contributed by atoms with Gasteiger partial charge in [0.15, 0.2) is 0 Å². The van der Waals surface area contributed by atoms with Crippen LogP contribution < -0.4 is 0 Å². The lowest BCUT2D eigenvalue weighted by Crippen LogP contribution is -2.08. The zero-order valence-corrected chi connectivity index (χ0v) is 8.74. The van der Waals surface area contributed by atoms with Crippen LogP contribution in [0.5, 0.6) is 0 Å². The number of carboxylic acids is 1. The van der Waals surface area contributed by atoms with Gasteiger partial charge < -0.3 is 5.11 Å². The first-order valence-electron chi connectivity index (χ1n) is 4.80. The highest BCUT2D eigenvalue weighted by atomic mass is 16.4. The first kappa shape index (κ1) is 10.8. The van der Waals surface area contributed by atoms with Gasteiger partial charge in [-0.2, -0.15) is 10.4 Å². The van der Waals surface area contributed by atoms with Crippen LogP contribution in [-0.4, -0.2) is 25.8 Å². The number of aromatic nitrogens is 3. The number of hydrogen-bond acceptors (Lipinski definition) is 4. The van der Waals surface area contributed by atoms with Gasteiger partial charge >= 0.3 is 5.97 Å². The summed E-state index contributed by atoms with van der Waals surface area (Å²) >= 11 is 0. The first-order valence-corrected chi connectivity index (χ1v) is 4.80. The molecular weight excluding hydrogens is 220 g/mol. The van der Waals surface area contributed by atoms with E-state index in [0.29, 0.717) is 16.8 Å². The maximum atomic E-state index is 10.6. The highest BCUT2D eigenvalue weighted by Crippen LogP contribution is 2.20. The third-order valence-electron chi connectivity index (χ3n) is 2.11. The lowest BCUT2D eigenvalue weighted by atomic mass is 10.1. The summed E-state index contributed by atoms with van der Waals surface area (Å²) in [5.41, 5.74) is 1.47. The predicted octanol–water partition coefficient (Wildman–Crippen LogP) is 0.901. The minimum atomic E-state index is -1.00. The van der Waals surface area contributed by atoms with E-state index in [1.54, 1.807) is 24.5 Å². The fourth-order valence-electron chi connectivity index (χ4n) is 1.44. The normalized spacial score (nSPS) is 9.82. The Bertz CT molecular complexity index is 583. The summed E-state index contributed by atoms with van der Waals surface area (Å²) < 4.78 is 1.23. The summed E-state index contributed by atoms with van der Waals surface area (Å²) in [6.07, 6.45) is 4.61. The van der Waals surface area contributed by atoms with Gasteiger partial charge in [-0.3, -0.25) is 14.5 Å². The molecule has 0 aromatic carbocycles. The summed E-state index contributed by atoms with van der Waals surface area (Å²) in [6, 6.07) is 5.48. The zero-order valence-electron chi connectivity index (χ0n) is 8.74. The van der Waals surface area contributed by atoms with Crippen LogP contribution in [0.1, 0.15) is 5.56 Å². The van der Waals surface area contributed by atoms with E-state index in [4.69, 9.17) is 10.4 Å². The molecule has 0 spiro atoms. The third kappa shape index (κ3) is 2.29. The second-order valence-electron chi connectivity index (χ2n) is 3.34. The van der Waals surface area contributed by atoms with Crippen molar-refractivity contribution in [2.75, 3.05) is 0 Å². The number of rotatable bonds is 3. The predicted molar refractivity (Wildman–Crippen MR) is 57.8 cm³/mol. The minimum Gasteiger partial charge on any atom is -0.480 e. The van der Waals surface area contributed by atoms with Gasteiger partial charge in [-0.05, 0) is 12.1 Å². The van der Waals surface area contributed by atoms with E-state index >= 15 is 0 Å². The molecule has 2 aromatic rings. The molecule has 0 aliphatic carbocycles. The lowest BCUT2D eigenvalue weighted by molar-refractivity contribution is -0.137. The molecule has 0 saturated carbocycles. The van der Waals surface area contributed by atoms with E-state index in [9.17, 15) is 4.79 Å². The largest absolute Gasteiger partial charge is 0.480 e. The highest BCUT2D eigenvalue weighted by Gasteiger charge is 2.12. The van der Waals surface area contributed by atoms with Gasteiger partial charge in [0.1, 0.15) is 18.3 Å². The third-order valence-corrected chi connectivity index (χ3v) is 2.11. The molecule has 17 heavy (non-hydrogen) atoms. The number of aliphatic carboxylic acids is 1.